The third-order valence-electron chi connectivity index (χ3n) is 3.97. The van der Waals surface area contributed by atoms with E-state index in [4.69, 9.17) is 4.74 Å². The fourth-order valence-electron chi connectivity index (χ4n) is 2.87. The molecular weight excluding hydrogens is 274 g/mol. The Morgan fingerprint density at radius 1 is 1.35 bits per heavy atom. The first-order valence-corrected chi connectivity index (χ1v) is 8.27. The van der Waals surface area contributed by atoms with E-state index in [-0.39, 0.29) is 12.0 Å². The average molecular weight is 295 g/mol. The lowest BCUT2D eigenvalue weighted by Gasteiger charge is -2.24. The van der Waals surface area contributed by atoms with Gasteiger partial charge in [-0.25, -0.2) is 4.98 Å². The van der Waals surface area contributed by atoms with Gasteiger partial charge in [-0.2, -0.15) is 0 Å². The summed E-state index contributed by atoms with van der Waals surface area (Å²) in [6, 6.07) is 0. The molecule has 6 heteroatoms. The van der Waals surface area contributed by atoms with E-state index in [0.717, 1.165) is 64.3 Å². The van der Waals surface area contributed by atoms with Gasteiger partial charge in [0.15, 0.2) is 0 Å². The number of hydrogen-bond donors (Lipinski definition) is 0. The second-order valence-electron chi connectivity index (χ2n) is 5.44. The third kappa shape index (κ3) is 3.37. The monoisotopic (exact) mass is 295 g/mol. The summed E-state index contributed by atoms with van der Waals surface area (Å²) in [7, 11) is 0. The summed E-state index contributed by atoms with van der Waals surface area (Å²) in [5.41, 5.74) is 3.01. The number of hydrogen-bond acceptors (Lipinski definition) is 5. The molecule has 110 valence electrons. The Bertz CT molecular complexity index is 432. The maximum atomic E-state index is 12.3. The first-order chi connectivity index (χ1) is 9.83. The fourth-order valence-corrected chi connectivity index (χ4v) is 3.42. The van der Waals surface area contributed by atoms with Gasteiger partial charge < -0.3 is 9.64 Å². The first-order valence-electron chi connectivity index (χ1n) is 7.33. The van der Waals surface area contributed by atoms with Gasteiger partial charge in [0.1, 0.15) is 6.10 Å². The van der Waals surface area contributed by atoms with Crippen molar-refractivity contribution in [3.63, 3.8) is 0 Å². The Labute approximate surface area is 123 Å². The first kappa shape index (κ1) is 14.0. The molecule has 3 heterocycles. The van der Waals surface area contributed by atoms with Gasteiger partial charge in [0.25, 0.3) is 5.91 Å². The second-order valence-corrected chi connectivity index (χ2v) is 6.16. The zero-order valence-electron chi connectivity index (χ0n) is 11.7. The van der Waals surface area contributed by atoms with Gasteiger partial charge in [0.05, 0.1) is 11.2 Å². The summed E-state index contributed by atoms with van der Waals surface area (Å²) in [4.78, 5) is 21.1. The van der Waals surface area contributed by atoms with Gasteiger partial charge in [-0.15, -0.1) is 11.3 Å². The highest BCUT2D eigenvalue weighted by molar-refractivity contribution is 7.07. The van der Waals surface area contributed by atoms with Crippen LogP contribution in [0.4, 0.5) is 0 Å². The van der Waals surface area contributed by atoms with E-state index >= 15 is 0 Å². The Morgan fingerprint density at radius 2 is 2.30 bits per heavy atom. The van der Waals surface area contributed by atoms with E-state index in [2.05, 4.69) is 15.3 Å². The summed E-state index contributed by atoms with van der Waals surface area (Å²) in [6.45, 7) is 5.25. The number of nitrogens with zero attached hydrogens (tertiary/aromatic N) is 3. The molecular formula is C14H21N3O2S. The fraction of sp³-hybridized carbons (Fsp3) is 0.714. The standard InChI is InChI=1S/C14H21N3O2S/c18-14(13-3-1-8-19-13)17-5-2-4-16(6-7-17)9-12-10-20-11-15-12/h10-11,13H,1-9H2. The summed E-state index contributed by atoms with van der Waals surface area (Å²) in [5.74, 6) is 0.193. The van der Waals surface area contributed by atoms with Gasteiger partial charge in [0.2, 0.25) is 0 Å². The lowest BCUT2D eigenvalue weighted by atomic mass is 10.2. The quantitative estimate of drug-likeness (QED) is 0.844. The van der Waals surface area contributed by atoms with E-state index in [1.54, 1.807) is 11.3 Å². The maximum absolute atomic E-state index is 12.3. The normalized spacial score (nSPS) is 24.8. The zero-order chi connectivity index (χ0) is 13.8. The molecule has 0 bridgehead atoms. The molecule has 1 unspecified atom stereocenters. The molecule has 0 aromatic carbocycles. The zero-order valence-corrected chi connectivity index (χ0v) is 12.5. The molecule has 0 aliphatic carbocycles. The Balaban J connectivity index is 1.52. The lowest BCUT2D eigenvalue weighted by Crippen LogP contribution is -2.41. The lowest BCUT2D eigenvalue weighted by molar-refractivity contribution is -0.140. The number of ether oxygens (including phenoxy) is 1. The van der Waals surface area contributed by atoms with Crippen LogP contribution in [0.25, 0.3) is 0 Å². The molecule has 2 aliphatic heterocycles. The van der Waals surface area contributed by atoms with Crippen molar-refractivity contribution < 1.29 is 9.53 Å². The van der Waals surface area contributed by atoms with Crippen LogP contribution in [0, 0.1) is 0 Å². The molecule has 2 fully saturated rings. The van der Waals surface area contributed by atoms with Crippen LogP contribution in [-0.4, -0.2) is 59.6 Å². The smallest absolute Gasteiger partial charge is 0.251 e. The van der Waals surface area contributed by atoms with Gasteiger partial charge in [0, 0.05) is 44.7 Å². The van der Waals surface area contributed by atoms with Crippen molar-refractivity contribution in [1.29, 1.82) is 0 Å². The Morgan fingerprint density at radius 3 is 3.05 bits per heavy atom. The third-order valence-corrected chi connectivity index (χ3v) is 4.61. The van der Waals surface area contributed by atoms with E-state index < -0.39 is 0 Å². The molecule has 3 rings (SSSR count). The predicted octanol–water partition coefficient (Wildman–Crippen LogP) is 1.36. The van der Waals surface area contributed by atoms with Crippen molar-refractivity contribution >= 4 is 17.2 Å². The van der Waals surface area contributed by atoms with Crippen LogP contribution in [0.5, 0.6) is 0 Å². The van der Waals surface area contributed by atoms with Crippen molar-refractivity contribution in [2.24, 2.45) is 0 Å². The minimum atomic E-state index is -0.180. The largest absolute Gasteiger partial charge is 0.368 e. The summed E-state index contributed by atoms with van der Waals surface area (Å²) in [5, 5.41) is 2.10. The van der Waals surface area contributed by atoms with E-state index in [0.29, 0.717) is 0 Å². The van der Waals surface area contributed by atoms with Crippen LogP contribution in [0.1, 0.15) is 25.0 Å². The molecule has 0 spiro atoms. The minimum Gasteiger partial charge on any atom is -0.368 e. The molecule has 0 saturated carbocycles. The van der Waals surface area contributed by atoms with Crippen LogP contribution >= 0.6 is 11.3 Å². The number of amides is 1. The van der Waals surface area contributed by atoms with Gasteiger partial charge >= 0.3 is 0 Å². The molecule has 1 atom stereocenters. The Kier molecular flexibility index (Phi) is 4.65. The molecule has 2 aliphatic rings. The van der Waals surface area contributed by atoms with E-state index in [9.17, 15) is 4.79 Å². The molecule has 0 radical (unpaired) electrons. The molecule has 5 nitrogen and oxygen atoms in total. The minimum absolute atomic E-state index is 0.180. The molecule has 1 aromatic rings. The summed E-state index contributed by atoms with van der Waals surface area (Å²) >= 11 is 1.64. The van der Waals surface area contributed by atoms with Crippen LogP contribution in [0.3, 0.4) is 0 Å². The van der Waals surface area contributed by atoms with Gasteiger partial charge in [-0.1, -0.05) is 0 Å². The summed E-state index contributed by atoms with van der Waals surface area (Å²) < 4.78 is 5.51. The molecule has 20 heavy (non-hydrogen) atoms. The number of carbonyl (C=O) groups excluding carboxylic acids is 1. The van der Waals surface area contributed by atoms with E-state index in [1.165, 1.54) is 0 Å². The SMILES string of the molecule is O=C(C1CCCO1)N1CCCN(Cc2cscn2)CC1. The molecule has 1 amide bonds. The van der Waals surface area contributed by atoms with E-state index in [1.807, 2.05) is 10.4 Å². The van der Waals surface area contributed by atoms with Gasteiger partial charge in [-0.3, -0.25) is 9.69 Å². The van der Waals surface area contributed by atoms with Crippen molar-refractivity contribution in [3.05, 3.63) is 16.6 Å². The predicted molar refractivity (Wildman–Crippen MR) is 77.6 cm³/mol. The highest BCUT2D eigenvalue weighted by Gasteiger charge is 2.29. The van der Waals surface area contributed by atoms with Crippen molar-refractivity contribution in [2.45, 2.75) is 31.9 Å². The van der Waals surface area contributed by atoms with Gasteiger partial charge in [-0.05, 0) is 19.3 Å². The highest BCUT2D eigenvalue weighted by Crippen LogP contribution is 2.16. The number of aromatic nitrogens is 1. The van der Waals surface area contributed by atoms with Crippen LogP contribution in [0.15, 0.2) is 10.9 Å². The number of thiazole rings is 1. The topological polar surface area (TPSA) is 45.7 Å². The molecule has 1 aromatic heterocycles. The Hall–Kier alpha value is -0.980. The molecule has 2 saturated heterocycles. The average Bonchev–Trinajstić information content (AvgIpc) is 3.10. The van der Waals surface area contributed by atoms with Crippen molar-refractivity contribution in [1.82, 2.24) is 14.8 Å². The van der Waals surface area contributed by atoms with Crippen LogP contribution in [0.2, 0.25) is 0 Å². The summed E-state index contributed by atoms with van der Waals surface area (Å²) in [6.07, 6.45) is 2.75. The van der Waals surface area contributed by atoms with Crippen LogP contribution < -0.4 is 0 Å². The van der Waals surface area contributed by atoms with Crippen molar-refractivity contribution in [3.8, 4) is 0 Å². The number of rotatable bonds is 3. The van der Waals surface area contributed by atoms with Crippen molar-refractivity contribution in [2.75, 3.05) is 32.8 Å². The maximum Gasteiger partial charge on any atom is 0.251 e. The molecule has 0 N–H and O–H groups in total. The highest BCUT2D eigenvalue weighted by atomic mass is 32.1. The second kappa shape index (κ2) is 6.65. The van der Waals surface area contributed by atoms with Crippen LogP contribution in [-0.2, 0) is 16.1 Å². The number of carbonyl (C=O) groups is 1.